The van der Waals surface area contributed by atoms with Crippen molar-refractivity contribution >= 4 is 13.6 Å². The number of hydrogen-bond acceptors (Lipinski definition) is 4. The van der Waals surface area contributed by atoms with E-state index in [9.17, 15) is 0 Å². The van der Waals surface area contributed by atoms with Crippen LogP contribution in [0.4, 0.5) is 0 Å². The predicted molar refractivity (Wildman–Crippen MR) is 44.0 cm³/mol. The number of phenols is 2. The maximum Gasteiger partial charge on any atom is 0.157 e. The number of hydrogen-bond donors (Lipinski definition) is 2. The molecule has 0 unspecified atom stereocenters. The van der Waals surface area contributed by atoms with Gasteiger partial charge < -0.3 is 19.8 Å². The Balaban J connectivity index is 0. The van der Waals surface area contributed by atoms with E-state index in [1.807, 2.05) is 13.6 Å². The molecule has 66 valence electrons. The van der Waals surface area contributed by atoms with Crippen LogP contribution >= 0.6 is 0 Å². The molecule has 1 aromatic rings. The first-order valence-corrected chi connectivity index (χ1v) is 2.85. The van der Waals surface area contributed by atoms with Crippen LogP contribution in [-0.2, 0) is 9.59 Å². The Hall–Kier alpha value is -1.84. The Labute approximate surface area is 70.1 Å². The monoisotopic (exact) mass is 170 g/mol. The van der Waals surface area contributed by atoms with E-state index in [0.29, 0.717) is 0 Å². The van der Waals surface area contributed by atoms with Crippen molar-refractivity contribution in [3.05, 3.63) is 24.3 Å². The van der Waals surface area contributed by atoms with Crippen molar-refractivity contribution < 1.29 is 19.8 Å². The van der Waals surface area contributed by atoms with E-state index in [0.717, 1.165) is 0 Å². The van der Waals surface area contributed by atoms with Gasteiger partial charge >= 0.3 is 0 Å². The summed E-state index contributed by atoms with van der Waals surface area (Å²) >= 11 is 0. The molecule has 0 aliphatic heterocycles. The topological polar surface area (TPSA) is 74.6 Å². The van der Waals surface area contributed by atoms with Crippen LogP contribution < -0.4 is 0 Å². The average molecular weight is 170 g/mol. The quantitative estimate of drug-likeness (QED) is 0.563. The number of benzene rings is 1. The van der Waals surface area contributed by atoms with Gasteiger partial charge in [-0.25, -0.2) is 0 Å². The van der Waals surface area contributed by atoms with Crippen molar-refractivity contribution in [2.75, 3.05) is 0 Å². The minimum absolute atomic E-state index is 0.0764. The molecule has 1 aromatic carbocycles. The lowest BCUT2D eigenvalue weighted by Crippen LogP contribution is -1.63. The Bertz CT molecular complexity index is 189. The number of para-hydroxylation sites is 2. The molecule has 1 rings (SSSR count). The van der Waals surface area contributed by atoms with Gasteiger partial charge in [-0.2, -0.15) is 0 Å². The summed E-state index contributed by atoms with van der Waals surface area (Å²) in [6.07, 6.45) is 0. The Kier molecular flexibility index (Phi) is 9.77. The van der Waals surface area contributed by atoms with Crippen LogP contribution in [0.2, 0.25) is 0 Å². The van der Waals surface area contributed by atoms with Gasteiger partial charge in [0, 0.05) is 0 Å². The van der Waals surface area contributed by atoms with E-state index in [2.05, 4.69) is 0 Å². The lowest BCUT2D eigenvalue weighted by Gasteiger charge is -1.91. The zero-order valence-electron chi connectivity index (χ0n) is 6.43. The molecule has 0 aliphatic rings. The van der Waals surface area contributed by atoms with Crippen LogP contribution in [0.25, 0.3) is 0 Å². The van der Waals surface area contributed by atoms with E-state index in [1.165, 1.54) is 12.1 Å². The van der Waals surface area contributed by atoms with Crippen LogP contribution in [0.15, 0.2) is 24.3 Å². The predicted octanol–water partition coefficient (Wildman–Crippen LogP) is 0.728. The van der Waals surface area contributed by atoms with E-state index in [1.54, 1.807) is 12.1 Å². The van der Waals surface area contributed by atoms with Gasteiger partial charge in [0.1, 0.15) is 13.6 Å². The largest absolute Gasteiger partial charge is 0.504 e. The molecule has 0 saturated carbocycles. The van der Waals surface area contributed by atoms with Crippen molar-refractivity contribution in [1.29, 1.82) is 0 Å². The fourth-order valence-electron chi connectivity index (χ4n) is 0.464. The summed E-state index contributed by atoms with van der Waals surface area (Å²) in [4.78, 5) is 16.0. The smallest absolute Gasteiger partial charge is 0.157 e. The second kappa shape index (κ2) is 9.16. The third-order valence-electron chi connectivity index (χ3n) is 0.882. The standard InChI is InChI=1S/C6H6O2.2CH2O/c7-5-3-1-2-4-6(5)8;2*1-2/h1-4,7-8H;2*1H2. The molecule has 12 heavy (non-hydrogen) atoms. The first kappa shape index (κ1) is 12.8. The number of aromatic hydroxyl groups is 2. The molecule has 4 nitrogen and oxygen atoms in total. The maximum atomic E-state index is 8.67. The lowest BCUT2D eigenvalue weighted by atomic mass is 10.3. The lowest BCUT2D eigenvalue weighted by molar-refractivity contribution is -0.0987. The molecule has 0 aromatic heterocycles. The van der Waals surface area contributed by atoms with Crippen LogP contribution in [0.3, 0.4) is 0 Å². The molecular weight excluding hydrogens is 160 g/mol. The SMILES string of the molecule is C=O.C=O.Oc1ccccc1O. The van der Waals surface area contributed by atoms with Gasteiger partial charge in [-0.1, -0.05) is 12.1 Å². The van der Waals surface area contributed by atoms with Gasteiger partial charge in [-0.15, -0.1) is 0 Å². The van der Waals surface area contributed by atoms with Crippen LogP contribution in [0.5, 0.6) is 11.5 Å². The molecule has 0 heterocycles. The summed E-state index contributed by atoms with van der Waals surface area (Å²) < 4.78 is 0. The van der Waals surface area contributed by atoms with E-state index in [-0.39, 0.29) is 11.5 Å². The maximum absolute atomic E-state index is 8.67. The zero-order chi connectivity index (χ0) is 9.98. The average Bonchev–Trinajstić information content (AvgIpc) is 2.17. The molecular formula is C8H10O4. The summed E-state index contributed by atoms with van der Waals surface area (Å²) in [6, 6.07) is 6.15. The molecule has 0 atom stereocenters. The second-order valence-corrected chi connectivity index (χ2v) is 1.49. The third kappa shape index (κ3) is 4.99. The van der Waals surface area contributed by atoms with Crippen LogP contribution in [-0.4, -0.2) is 23.8 Å². The van der Waals surface area contributed by atoms with E-state index in [4.69, 9.17) is 19.8 Å². The molecule has 0 bridgehead atoms. The molecule has 0 spiro atoms. The summed E-state index contributed by atoms with van der Waals surface area (Å²) in [5.74, 6) is -0.153. The van der Waals surface area contributed by atoms with Gasteiger partial charge in [-0.3, -0.25) is 0 Å². The van der Waals surface area contributed by atoms with Gasteiger partial charge in [0.2, 0.25) is 0 Å². The first-order valence-electron chi connectivity index (χ1n) is 2.85. The number of carbonyl (C=O) groups excluding carboxylic acids is 2. The number of rotatable bonds is 0. The fourth-order valence-corrected chi connectivity index (χ4v) is 0.464. The Morgan fingerprint density at radius 3 is 1.25 bits per heavy atom. The van der Waals surface area contributed by atoms with E-state index < -0.39 is 0 Å². The molecule has 0 radical (unpaired) electrons. The van der Waals surface area contributed by atoms with Crippen molar-refractivity contribution in [3.63, 3.8) is 0 Å². The van der Waals surface area contributed by atoms with Crippen LogP contribution in [0.1, 0.15) is 0 Å². The molecule has 2 N–H and O–H groups in total. The van der Waals surface area contributed by atoms with Crippen molar-refractivity contribution in [2.24, 2.45) is 0 Å². The van der Waals surface area contributed by atoms with Gasteiger partial charge in [0.15, 0.2) is 11.5 Å². The highest BCUT2D eigenvalue weighted by molar-refractivity contribution is 5.36. The third-order valence-corrected chi connectivity index (χ3v) is 0.882. The minimum Gasteiger partial charge on any atom is -0.504 e. The zero-order valence-corrected chi connectivity index (χ0v) is 6.43. The number of carbonyl (C=O) groups is 2. The molecule has 0 fully saturated rings. The van der Waals surface area contributed by atoms with Gasteiger partial charge in [-0.05, 0) is 12.1 Å². The Morgan fingerprint density at radius 2 is 1.08 bits per heavy atom. The molecule has 0 aliphatic carbocycles. The molecule has 4 heteroatoms. The summed E-state index contributed by atoms with van der Waals surface area (Å²) in [5.41, 5.74) is 0. The molecule has 0 amide bonds. The fraction of sp³-hybridized carbons (Fsp3) is 0. The Morgan fingerprint density at radius 1 is 0.833 bits per heavy atom. The van der Waals surface area contributed by atoms with Crippen molar-refractivity contribution in [1.82, 2.24) is 0 Å². The van der Waals surface area contributed by atoms with Crippen LogP contribution in [0, 0.1) is 0 Å². The van der Waals surface area contributed by atoms with Gasteiger partial charge in [0.25, 0.3) is 0 Å². The van der Waals surface area contributed by atoms with Crippen molar-refractivity contribution in [3.8, 4) is 11.5 Å². The highest BCUT2D eigenvalue weighted by Crippen LogP contribution is 2.21. The van der Waals surface area contributed by atoms with E-state index >= 15 is 0 Å². The summed E-state index contributed by atoms with van der Waals surface area (Å²) in [5, 5.41) is 17.3. The normalized spacial score (nSPS) is 6.67. The first-order chi connectivity index (χ1) is 5.80. The minimum atomic E-state index is -0.0764. The van der Waals surface area contributed by atoms with Crippen molar-refractivity contribution in [2.45, 2.75) is 0 Å². The second-order valence-electron chi connectivity index (χ2n) is 1.49. The highest BCUT2D eigenvalue weighted by Gasteiger charge is 1.90. The summed E-state index contributed by atoms with van der Waals surface area (Å²) in [6.45, 7) is 4.00. The summed E-state index contributed by atoms with van der Waals surface area (Å²) in [7, 11) is 0. The van der Waals surface area contributed by atoms with Gasteiger partial charge in [0.05, 0.1) is 0 Å². The highest BCUT2D eigenvalue weighted by atomic mass is 16.3. The number of phenolic OH excluding ortho intramolecular Hbond substituents is 2. The molecule has 0 saturated heterocycles.